The van der Waals surface area contributed by atoms with Gasteiger partial charge in [0, 0.05) is 30.8 Å². The van der Waals surface area contributed by atoms with E-state index in [0.717, 1.165) is 18.7 Å². The highest BCUT2D eigenvalue weighted by atomic mass is 16.1. The molecular formula is C16H23NO. The Morgan fingerprint density at radius 2 is 1.94 bits per heavy atom. The first-order chi connectivity index (χ1) is 8.66. The van der Waals surface area contributed by atoms with Crippen LogP contribution in [-0.4, -0.2) is 18.9 Å². The molecule has 2 nitrogen and oxygen atoms in total. The van der Waals surface area contributed by atoms with E-state index in [1.807, 2.05) is 12.1 Å². The maximum absolute atomic E-state index is 12.1. The first-order valence-corrected chi connectivity index (χ1v) is 7.05. The molecule has 0 atom stereocenters. The number of nitrogens with zero attached hydrogens (tertiary/aromatic N) is 1. The lowest BCUT2D eigenvalue weighted by Crippen LogP contribution is -2.29. The van der Waals surface area contributed by atoms with Crippen LogP contribution < -0.4 is 4.90 Å². The lowest BCUT2D eigenvalue weighted by molar-refractivity contribution is 0.0968. The molecule has 1 aromatic rings. The lowest BCUT2D eigenvalue weighted by atomic mass is 10.0. The molecule has 1 heterocycles. The van der Waals surface area contributed by atoms with E-state index in [0.29, 0.717) is 12.3 Å². The molecule has 2 heteroatoms. The van der Waals surface area contributed by atoms with Gasteiger partial charge in [0.1, 0.15) is 0 Å². The first kappa shape index (κ1) is 13.1. The van der Waals surface area contributed by atoms with Crippen LogP contribution in [0.3, 0.4) is 0 Å². The lowest BCUT2D eigenvalue weighted by Gasteiger charge is -2.29. The highest BCUT2D eigenvalue weighted by molar-refractivity contribution is 5.97. The van der Waals surface area contributed by atoms with Gasteiger partial charge in [-0.3, -0.25) is 4.79 Å². The maximum Gasteiger partial charge on any atom is 0.163 e. The molecule has 1 aliphatic heterocycles. The third kappa shape index (κ3) is 3.34. The van der Waals surface area contributed by atoms with E-state index in [1.165, 1.54) is 24.9 Å². The molecule has 18 heavy (non-hydrogen) atoms. The van der Waals surface area contributed by atoms with Crippen molar-refractivity contribution in [2.45, 2.75) is 39.5 Å². The van der Waals surface area contributed by atoms with Gasteiger partial charge in [-0.25, -0.2) is 0 Å². The van der Waals surface area contributed by atoms with E-state index in [2.05, 4.69) is 30.9 Å². The summed E-state index contributed by atoms with van der Waals surface area (Å²) in [5.74, 6) is 0.694. The van der Waals surface area contributed by atoms with Crippen molar-refractivity contribution in [3.05, 3.63) is 29.8 Å². The van der Waals surface area contributed by atoms with Crippen LogP contribution in [0.25, 0.3) is 0 Å². The molecule has 0 aliphatic carbocycles. The number of hydrogen-bond donors (Lipinski definition) is 0. The Kier molecular flexibility index (Phi) is 4.40. The summed E-state index contributed by atoms with van der Waals surface area (Å²) in [5.41, 5.74) is 2.08. The van der Waals surface area contributed by atoms with E-state index in [1.54, 1.807) is 0 Å². The molecule has 0 N–H and O–H groups in total. The maximum atomic E-state index is 12.1. The van der Waals surface area contributed by atoms with Crippen LogP contribution >= 0.6 is 0 Å². The Hall–Kier alpha value is -1.31. The Bertz CT molecular complexity index is 405. The molecule has 0 spiro atoms. The summed E-state index contributed by atoms with van der Waals surface area (Å²) < 4.78 is 0. The number of carbonyl (C=O) groups is 1. The highest BCUT2D eigenvalue weighted by Gasteiger charge is 2.13. The number of carbonyl (C=O) groups excluding carboxylic acids is 1. The molecule has 2 rings (SSSR count). The molecule has 1 saturated heterocycles. The zero-order valence-corrected chi connectivity index (χ0v) is 11.5. The van der Waals surface area contributed by atoms with E-state index in [-0.39, 0.29) is 5.78 Å². The minimum Gasteiger partial charge on any atom is -0.372 e. The smallest absolute Gasteiger partial charge is 0.163 e. The summed E-state index contributed by atoms with van der Waals surface area (Å²) in [7, 11) is 0. The monoisotopic (exact) mass is 245 g/mol. The highest BCUT2D eigenvalue weighted by Crippen LogP contribution is 2.22. The predicted octanol–water partition coefficient (Wildman–Crippen LogP) is 3.91. The second-order valence-electron chi connectivity index (χ2n) is 5.62. The van der Waals surface area contributed by atoms with Crippen molar-refractivity contribution in [2.75, 3.05) is 18.0 Å². The zero-order chi connectivity index (χ0) is 13.0. The molecular weight excluding hydrogens is 222 g/mol. The largest absolute Gasteiger partial charge is 0.372 e. The van der Waals surface area contributed by atoms with Gasteiger partial charge in [-0.15, -0.1) is 0 Å². The van der Waals surface area contributed by atoms with Gasteiger partial charge in [-0.05, 0) is 37.3 Å². The molecule has 0 bridgehead atoms. The SMILES string of the molecule is CC(C)CC(=O)c1cccc(N2CCCCC2)c1. The van der Waals surface area contributed by atoms with E-state index < -0.39 is 0 Å². The van der Waals surface area contributed by atoms with Gasteiger partial charge in [0.25, 0.3) is 0 Å². The molecule has 0 aromatic heterocycles. The molecule has 1 aliphatic rings. The average Bonchev–Trinajstić information content (AvgIpc) is 2.39. The summed E-state index contributed by atoms with van der Waals surface area (Å²) in [6, 6.07) is 8.14. The molecule has 0 amide bonds. The minimum absolute atomic E-state index is 0.267. The van der Waals surface area contributed by atoms with Crippen LogP contribution in [0.5, 0.6) is 0 Å². The fraction of sp³-hybridized carbons (Fsp3) is 0.562. The molecule has 1 fully saturated rings. The fourth-order valence-electron chi connectivity index (χ4n) is 2.52. The van der Waals surface area contributed by atoms with Crippen molar-refractivity contribution in [1.82, 2.24) is 0 Å². The van der Waals surface area contributed by atoms with Gasteiger partial charge in [-0.1, -0.05) is 26.0 Å². The first-order valence-electron chi connectivity index (χ1n) is 7.05. The summed E-state index contributed by atoms with van der Waals surface area (Å²) in [6.07, 6.45) is 4.51. The number of ketones is 1. The Balaban J connectivity index is 2.11. The van der Waals surface area contributed by atoms with E-state index >= 15 is 0 Å². The van der Waals surface area contributed by atoms with Crippen LogP contribution in [0.1, 0.15) is 49.9 Å². The van der Waals surface area contributed by atoms with Crippen LogP contribution in [-0.2, 0) is 0 Å². The summed E-state index contributed by atoms with van der Waals surface area (Å²) in [4.78, 5) is 14.5. The minimum atomic E-state index is 0.267. The predicted molar refractivity (Wildman–Crippen MR) is 76.3 cm³/mol. The zero-order valence-electron chi connectivity index (χ0n) is 11.5. The number of piperidine rings is 1. The van der Waals surface area contributed by atoms with Crippen LogP contribution in [0, 0.1) is 5.92 Å². The van der Waals surface area contributed by atoms with Gasteiger partial charge >= 0.3 is 0 Å². The van der Waals surface area contributed by atoms with E-state index in [9.17, 15) is 4.79 Å². The van der Waals surface area contributed by atoms with Crippen molar-refractivity contribution in [3.63, 3.8) is 0 Å². The second kappa shape index (κ2) is 6.03. The quantitative estimate of drug-likeness (QED) is 0.750. The Labute approximate surface area is 110 Å². The van der Waals surface area contributed by atoms with Gasteiger partial charge < -0.3 is 4.90 Å². The van der Waals surface area contributed by atoms with Gasteiger partial charge in [0.15, 0.2) is 5.78 Å². The van der Waals surface area contributed by atoms with Crippen molar-refractivity contribution in [3.8, 4) is 0 Å². The second-order valence-corrected chi connectivity index (χ2v) is 5.62. The normalized spacial score (nSPS) is 16.1. The van der Waals surface area contributed by atoms with Gasteiger partial charge in [-0.2, -0.15) is 0 Å². The van der Waals surface area contributed by atoms with Crippen molar-refractivity contribution < 1.29 is 4.79 Å². The number of rotatable bonds is 4. The van der Waals surface area contributed by atoms with Crippen molar-refractivity contribution in [1.29, 1.82) is 0 Å². The molecule has 98 valence electrons. The number of hydrogen-bond acceptors (Lipinski definition) is 2. The van der Waals surface area contributed by atoms with Crippen LogP contribution in [0.4, 0.5) is 5.69 Å². The third-order valence-electron chi connectivity index (χ3n) is 3.48. The van der Waals surface area contributed by atoms with E-state index in [4.69, 9.17) is 0 Å². The molecule has 0 unspecified atom stereocenters. The summed E-state index contributed by atoms with van der Waals surface area (Å²) in [5, 5.41) is 0. The molecule has 1 aromatic carbocycles. The number of benzene rings is 1. The van der Waals surface area contributed by atoms with Crippen molar-refractivity contribution >= 4 is 11.5 Å². The summed E-state index contributed by atoms with van der Waals surface area (Å²) in [6.45, 7) is 6.43. The summed E-state index contributed by atoms with van der Waals surface area (Å²) >= 11 is 0. The number of anilines is 1. The molecule has 0 radical (unpaired) electrons. The van der Waals surface area contributed by atoms with Crippen LogP contribution in [0.15, 0.2) is 24.3 Å². The standard InChI is InChI=1S/C16H23NO/c1-13(2)11-16(18)14-7-6-8-15(12-14)17-9-4-3-5-10-17/h6-8,12-13H,3-5,9-11H2,1-2H3. The fourth-order valence-corrected chi connectivity index (χ4v) is 2.52. The molecule has 0 saturated carbocycles. The average molecular weight is 245 g/mol. The van der Waals surface area contributed by atoms with Gasteiger partial charge in [0.05, 0.1) is 0 Å². The number of Topliss-reactive ketones (excluding diaryl/α,β-unsaturated/α-hetero) is 1. The van der Waals surface area contributed by atoms with Crippen LogP contribution in [0.2, 0.25) is 0 Å². The third-order valence-corrected chi connectivity index (χ3v) is 3.48. The van der Waals surface area contributed by atoms with Gasteiger partial charge in [0.2, 0.25) is 0 Å². The Morgan fingerprint density at radius 3 is 2.61 bits per heavy atom. The topological polar surface area (TPSA) is 20.3 Å². The Morgan fingerprint density at radius 1 is 1.22 bits per heavy atom. The van der Waals surface area contributed by atoms with Crippen molar-refractivity contribution in [2.24, 2.45) is 5.92 Å².